The average Bonchev–Trinajstić information content (AvgIpc) is 3.19. The van der Waals surface area contributed by atoms with Crippen LogP contribution >= 0.6 is 0 Å². The average molecular weight is 317 g/mol. The minimum atomic E-state index is -0.0967. The Morgan fingerprint density at radius 1 is 1.35 bits per heavy atom. The zero-order valence-electron chi connectivity index (χ0n) is 13.2. The van der Waals surface area contributed by atoms with Crippen LogP contribution < -0.4 is 15.4 Å². The van der Waals surface area contributed by atoms with Crippen LogP contribution in [0.25, 0.3) is 0 Å². The van der Waals surface area contributed by atoms with Gasteiger partial charge in [0.05, 0.1) is 18.6 Å². The molecule has 0 radical (unpaired) electrons. The predicted molar refractivity (Wildman–Crippen MR) is 86.1 cm³/mol. The highest BCUT2D eigenvalue weighted by atomic mass is 16.5. The van der Waals surface area contributed by atoms with Gasteiger partial charge in [0.1, 0.15) is 12.4 Å². The molecule has 2 heterocycles. The summed E-state index contributed by atoms with van der Waals surface area (Å²) in [6.07, 6.45) is 2.29. The number of nitrogens with one attached hydrogen (secondary N) is 2. The van der Waals surface area contributed by atoms with E-state index in [9.17, 15) is 9.59 Å². The maximum absolute atomic E-state index is 12.1. The van der Waals surface area contributed by atoms with Crippen molar-refractivity contribution in [1.82, 2.24) is 15.5 Å². The molecule has 2 fully saturated rings. The van der Waals surface area contributed by atoms with Crippen LogP contribution in [-0.2, 0) is 9.59 Å². The normalized spacial score (nSPS) is 24.0. The number of ether oxygens (including phenoxy) is 1. The van der Waals surface area contributed by atoms with E-state index < -0.39 is 0 Å². The van der Waals surface area contributed by atoms with Crippen molar-refractivity contribution in [3.63, 3.8) is 0 Å². The summed E-state index contributed by atoms with van der Waals surface area (Å²) in [5, 5.41) is 6.16. The first kappa shape index (κ1) is 15.8. The highest BCUT2D eigenvalue weighted by molar-refractivity contribution is 5.85. The van der Waals surface area contributed by atoms with Crippen LogP contribution in [0, 0.1) is 0 Å². The largest absolute Gasteiger partial charge is 0.492 e. The maximum Gasteiger partial charge on any atom is 0.237 e. The molecule has 2 amide bonds. The van der Waals surface area contributed by atoms with E-state index in [1.54, 1.807) is 4.90 Å². The highest BCUT2D eigenvalue weighted by Crippen LogP contribution is 2.13. The van der Waals surface area contributed by atoms with E-state index in [0.717, 1.165) is 25.1 Å². The summed E-state index contributed by atoms with van der Waals surface area (Å²) >= 11 is 0. The molecule has 2 aliphatic heterocycles. The number of carbonyl (C=O) groups excluding carboxylic acids is 2. The fourth-order valence-electron chi connectivity index (χ4n) is 3.09. The fourth-order valence-corrected chi connectivity index (χ4v) is 3.09. The number of amides is 2. The molecule has 0 aromatic heterocycles. The Labute approximate surface area is 136 Å². The van der Waals surface area contributed by atoms with Gasteiger partial charge in [-0.15, -0.1) is 0 Å². The van der Waals surface area contributed by atoms with Crippen LogP contribution in [0.5, 0.6) is 5.75 Å². The lowest BCUT2D eigenvalue weighted by atomic mass is 10.2. The van der Waals surface area contributed by atoms with E-state index in [1.165, 1.54) is 0 Å². The standard InChI is InChI=1S/C17H23N3O3/c21-16-11-13(19-17(22)15-7-4-8-18-15)12-20(16)9-10-23-14-5-2-1-3-6-14/h1-3,5-6,13,15,18H,4,7-12H2,(H,19,22). The second kappa shape index (κ2) is 7.46. The van der Waals surface area contributed by atoms with Gasteiger partial charge in [-0.1, -0.05) is 18.2 Å². The summed E-state index contributed by atoms with van der Waals surface area (Å²) in [7, 11) is 0. The molecule has 1 aromatic carbocycles. The van der Waals surface area contributed by atoms with Crippen LogP contribution in [0.15, 0.2) is 30.3 Å². The number of likely N-dealkylation sites (tertiary alicyclic amines) is 1. The van der Waals surface area contributed by atoms with E-state index in [4.69, 9.17) is 4.74 Å². The minimum absolute atomic E-state index is 0.0164. The van der Waals surface area contributed by atoms with Crippen molar-refractivity contribution in [2.45, 2.75) is 31.3 Å². The molecule has 2 saturated heterocycles. The smallest absolute Gasteiger partial charge is 0.237 e. The number of hydrogen-bond donors (Lipinski definition) is 2. The molecule has 2 atom stereocenters. The molecule has 6 nitrogen and oxygen atoms in total. The van der Waals surface area contributed by atoms with Gasteiger partial charge in [-0.2, -0.15) is 0 Å². The molecular formula is C17H23N3O3. The third kappa shape index (κ3) is 4.22. The number of nitrogens with zero attached hydrogens (tertiary/aromatic N) is 1. The molecule has 2 unspecified atom stereocenters. The first-order valence-corrected chi connectivity index (χ1v) is 8.22. The Kier molecular flexibility index (Phi) is 5.12. The molecule has 2 N–H and O–H groups in total. The van der Waals surface area contributed by atoms with Gasteiger partial charge in [0.25, 0.3) is 0 Å². The number of carbonyl (C=O) groups is 2. The summed E-state index contributed by atoms with van der Waals surface area (Å²) in [6.45, 7) is 2.46. The SMILES string of the molecule is O=C(NC1CC(=O)N(CCOc2ccccc2)C1)C1CCCN1. The molecule has 3 rings (SSSR count). The number of rotatable bonds is 6. The molecule has 6 heteroatoms. The van der Waals surface area contributed by atoms with Crippen molar-refractivity contribution in [1.29, 1.82) is 0 Å². The Morgan fingerprint density at radius 2 is 2.17 bits per heavy atom. The molecular weight excluding hydrogens is 294 g/mol. The third-order valence-corrected chi connectivity index (χ3v) is 4.31. The Balaban J connectivity index is 1.41. The van der Waals surface area contributed by atoms with Crippen molar-refractivity contribution in [2.75, 3.05) is 26.2 Å². The minimum Gasteiger partial charge on any atom is -0.492 e. The monoisotopic (exact) mass is 317 g/mol. The molecule has 0 aliphatic carbocycles. The maximum atomic E-state index is 12.1. The molecule has 0 saturated carbocycles. The van der Waals surface area contributed by atoms with Crippen LogP contribution in [0.4, 0.5) is 0 Å². The van der Waals surface area contributed by atoms with Crippen LogP contribution in [-0.4, -0.2) is 55.0 Å². The fraction of sp³-hybridized carbons (Fsp3) is 0.529. The first-order valence-electron chi connectivity index (χ1n) is 8.22. The summed E-state index contributed by atoms with van der Waals surface area (Å²) in [5.74, 6) is 0.894. The first-order chi connectivity index (χ1) is 11.2. The van der Waals surface area contributed by atoms with Gasteiger partial charge >= 0.3 is 0 Å². The van der Waals surface area contributed by atoms with Gasteiger partial charge < -0.3 is 20.3 Å². The topological polar surface area (TPSA) is 70.7 Å². The molecule has 0 bridgehead atoms. The van der Waals surface area contributed by atoms with Crippen LogP contribution in [0.3, 0.4) is 0 Å². The van der Waals surface area contributed by atoms with Crippen molar-refractivity contribution >= 4 is 11.8 Å². The lowest BCUT2D eigenvalue weighted by Crippen LogP contribution is -2.46. The third-order valence-electron chi connectivity index (χ3n) is 4.31. The van der Waals surface area contributed by atoms with Crippen molar-refractivity contribution < 1.29 is 14.3 Å². The van der Waals surface area contributed by atoms with Crippen LogP contribution in [0.2, 0.25) is 0 Å². The summed E-state index contributed by atoms with van der Waals surface area (Å²) in [6, 6.07) is 9.36. The van der Waals surface area contributed by atoms with Gasteiger partial charge in [-0.05, 0) is 31.5 Å². The van der Waals surface area contributed by atoms with E-state index in [-0.39, 0.29) is 23.9 Å². The molecule has 0 spiro atoms. The zero-order chi connectivity index (χ0) is 16.1. The van der Waals surface area contributed by atoms with E-state index in [2.05, 4.69) is 10.6 Å². The summed E-state index contributed by atoms with van der Waals surface area (Å²) < 4.78 is 5.62. The second-order valence-electron chi connectivity index (χ2n) is 6.06. The van der Waals surface area contributed by atoms with Crippen molar-refractivity contribution in [3.05, 3.63) is 30.3 Å². The number of para-hydroxylation sites is 1. The van der Waals surface area contributed by atoms with E-state index >= 15 is 0 Å². The van der Waals surface area contributed by atoms with Gasteiger partial charge in [0, 0.05) is 13.0 Å². The number of benzene rings is 1. The van der Waals surface area contributed by atoms with Crippen molar-refractivity contribution in [3.8, 4) is 5.75 Å². The Morgan fingerprint density at radius 3 is 2.91 bits per heavy atom. The molecule has 23 heavy (non-hydrogen) atoms. The van der Waals surface area contributed by atoms with E-state index in [1.807, 2.05) is 30.3 Å². The van der Waals surface area contributed by atoms with Gasteiger partial charge in [0.15, 0.2) is 0 Å². The highest BCUT2D eigenvalue weighted by Gasteiger charge is 2.32. The Bertz CT molecular complexity index is 543. The summed E-state index contributed by atoms with van der Waals surface area (Å²) in [4.78, 5) is 25.9. The molecule has 1 aromatic rings. The number of hydrogen-bond acceptors (Lipinski definition) is 4. The van der Waals surface area contributed by atoms with Crippen molar-refractivity contribution in [2.24, 2.45) is 0 Å². The Hall–Kier alpha value is -2.08. The van der Waals surface area contributed by atoms with Crippen LogP contribution in [0.1, 0.15) is 19.3 Å². The lowest BCUT2D eigenvalue weighted by Gasteiger charge is -2.18. The predicted octanol–water partition coefficient (Wildman–Crippen LogP) is 0.534. The molecule has 124 valence electrons. The summed E-state index contributed by atoms with van der Waals surface area (Å²) in [5.41, 5.74) is 0. The quantitative estimate of drug-likeness (QED) is 0.803. The van der Waals surface area contributed by atoms with Gasteiger partial charge in [-0.3, -0.25) is 9.59 Å². The zero-order valence-corrected chi connectivity index (χ0v) is 13.2. The van der Waals surface area contributed by atoms with Gasteiger partial charge in [-0.25, -0.2) is 0 Å². The second-order valence-corrected chi connectivity index (χ2v) is 6.06. The van der Waals surface area contributed by atoms with E-state index in [0.29, 0.717) is 26.1 Å². The molecule has 2 aliphatic rings. The lowest BCUT2D eigenvalue weighted by molar-refractivity contribution is -0.128. The van der Waals surface area contributed by atoms with Gasteiger partial charge in [0.2, 0.25) is 11.8 Å².